The van der Waals surface area contributed by atoms with Crippen LogP contribution in [0.4, 0.5) is 0 Å². The van der Waals surface area contributed by atoms with Gasteiger partial charge in [0.1, 0.15) is 23.8 Å². The summed E-state index contributed by atoms with van der Waals surface area (Å²) in [4.78, 5) is 10.3. The van der Waals surface area contributed by atoms with Gasteiger partial charge in [-0.15, -0.1) is 0 Å². The maximum Gasteiger partial charge on any atom is 0.182 e. The maximum atomic E-state index is 10.1. The van der Waals surface area contributed by atoms with Crippen LogP contribution in [0.25, 0.3) is 38.6 Å². The third-order valence-electron chi connectivity index (χ3n) is 12.7. The highest BCUT2D eigenvalue weighted by atomic mass is 16.5. The number of pyridine rings is 1. The first-order chi connectivity index (χ1) is 30.4. The predicted molar refractivity (Wildman–Crippen MR) is 235 cm³/mol. The number of ether oxygens (including phenoxy) is 5. The number of aryl methyl sites for hydroxylation is 1. The molecule has 0 bridgehead atoms. The van der Waals surface area contributed by atoms with Crippen LogP contribution in [0.15, 0.2) is 89.3 Å². The Labute approximate surface area is 359 Å². The first-order valence-electron chi connectivity index (χ1n) is 21.6. The second-order valence-electron chi connectivity index (χ2n) is 16.7. The van der Waals surface area contributed by atoms with Crippen molar-refractivity contribution in [2.75, 3.05) is 53.6 Å². The van der Waals surface area contributed by atoms with Crippen molar-refractivity contribution in [3.05, 3.63) is 112 Å². The molecule has 4 aliphatic rings. The highest BCUT2D eigenvalue weighted by Gasteiger charge is 2.34. The highest BCUT2D eigenvalue weighted by Crippen LogP contribution is 2.42. The fraction of sp³-hybridized carbons (Fsp3) is 0.375. The van der Waals surface area contributed by atoms with Crippen molar-refractivity contribution >= 4 is 27.4 Å². The van der Waals surface area contributed by atoms with Crippen LogP contribution in [0.2, 0.25) is 0 Å². The maximum absolute atomic E-state index is 10.1. The number of phenols is 1. The van der Waals surface area contributed by atoms with E-state index >= 15 is 0 Å². The number of nitrogens with one attached hydrogen (secondary N) is 4. The average molecular weight is 837 g/mol. The van der Waals surface area contributed by atoms with Gasteiger partial charge < -0.3 is 39.4 Å². The first-order valence-corrected chi connectivity index (χ1v) is 21.6. The molecular weight excluding hydrogens is 785 g/mol. The molecular formula is C48H52N8O6. The molecule has 3 aliphatic heterocycles. The van der Waals surface area contributed by atoms with Gasteiger partial charge in [0.25, 0.3) is 0 Å². The first kappa shape index (κ1) is 39.7. The minimum atomic E-state index is -0.278. The zero-order valence-electron chi connectivity index (χ0n) is 35.3. The summed E-state index contributed by atoms with van der Waals surface area (Å²) in [6.07, 6.45) is 8.52. The Bertz CT molecular complexity index is 2780. The van der Waals surface area contributed by atoms with Gasteiger partial charge >= 0.3 is 0 Å². The number of piperidine rings is 2. The summed E-state index contributed by atoms with van der Waals surface area (Å²) in [5.74, 6) is 4.44. The van der Waals surface area contributed by atoms with Gasteiger partial charge in [-0.05, 0) is 142 Å². The molecule has 0 radical (unpaired) electrons. The van der Waals surface area contributed by atoms with Gasteiger partial charge in [0.05, 0.1) is 39.2 Å². The Morgan fingerprint density at radius 3 is 2.16 bits per heavy atom. The molecule has 10 rings (SSSR count). The second-order valence-corrected chi connectivity index (χ2v) is 16.7. The number of hydrogen-bond acceptors (Lipinski definition) is 12. The number of benzene rings is 3. The minimum Gasteiger partial charge on any atom is -0.508 e. The van der Waals surface area contributed by atoms with E-state index in [1.165, 1.54) is 0 Å². The summed E-state index contributed by atoms with van der Waals surface area (Å²) in [6, 6.07) is 19.0. The van der Waals surface area contributed by atoms with Crippen LogP contribution in [-0.2, 0) is 16.1 Å². The second kappa shape index (κ2) is 17.2. The molecule has 0 amide bonds. The normalized spacial score (nSPS) is 19.3. The molecule has 62 heavy (non-hydrogen) atoms. The number of nitrogens with zero attached hydrogens (tertiary/aromatic N) is 4. The van der Waals surface area contributed by atoms with Gasteiger partial charge in [-0.1, -0.05) is 12.1 Å². The van der Waals surface area contributed by atoms with Gasteiger partial charge in [-0.25, -0.2) is 4.98 Å². The quantitative estimate of drug-likeness (QED) is 0.0915. The lowest BCUT2D eigenvalue weighted by atomic mass is 9.81. The van der Waals surface area contributed by atoms with Crippen molar-refractivity contribution < 1.29 is 28.8 Å². The molecule has 0 saturated carbocycles. The Kier molecular flexibility index (Phi) is 11.0. The van der Waals surface area contributed by atoms with Gasteiger partial charge in [0.15, 0.2) is 34.2 Å². The van der Waals surface area contributed by atoms with E-state index in [4.69, 9.17) is 38.8 Å². The molecule has 2 fully saturated rings. The summed E-state index contributed by atoms with van der Waals surface area (Å²) in [7, 11) is 3.36. The number of methoxy groups -OCH3 is 2. The zero-order chi connectivity index (χ0) is 42.2. The Balaban J connectivity index is 0.959. The molecule has 6 aromatic rings. The van der Waals surface area contributed by atoms with Crippen LogP contribution < -0.4 is 35.6 Å². The zero-order valence-corrected chi connectivity index (χ0v) is 35.3. The van der Waals surface area contributed by atoms with E-state index in [1.54, 1.807) is 26.4 Å². The third kappa shape index (κ3) is 7.73. The molecule has 5 N–H and O–H groups in total. The topological polar surface area (TPSA) is 173 Å². The van der Waals surface area contributed by atoms with Crippen LogP contribution in [0.3, 0.4) is 0 Å². The van der Waals surface area contributed by atoms with Gasteiger partial charge in [0.2, 0.25) is 0 Å². The summed E-state index contributed by atoms with van der Waals surface area (Å²) in [5.41, 5.74) is 6.67. The van der Waals surface area contributed by atoms with Gasteiger partial charge in [-0.3, -0.25) is 15.2 Å². The Hall–Kier alpha value is -6.38. The molecule has 3 aromatic carbocycles. The summed E-state index contributed by atoms with van der Waals surface area (Å²) >= 11 is 0. The number of hydrogen-bond donors (Lipinski definition) is 5. The number of H-pyrrole nitrogens is 2. The van der Waals surface area contributed by atoms with Crippen LogP contribution >= 0.6 is 0 Å². The van der Waals surface area contributed by atoms with Crippen molar-refractivity contribution in [2.45, 2.75) is 45.3 Å². The lowest BCUT2D eigenvalue weighted by Gasteiger charge is -2.31. The van der Waals surface area contributed by atoms with E-state index in [9.17, 15) is 5.11 Å². The van der Waals surface area contributed by atoms with E-state index in [1.807, 2.05) is 49.4 Å². The number of allylic oxidation sites excluding steroid dienone is 1. The van der Waals surface area contributed by atoms with Crippen LogP contribution in [0.1, 0.15) is 48.7 Å². The van der Waals surface area contributed by atoms with E-state index in [0.717, 1.165) is 107 Å². The molecule has 1 aliphatic carbocycles. The highest BCUT2D eigenvalue weighted by molar-refractivity contribution is 6.12. The number of phenolic OH excluding ortho intramolecular Hbond substituents is 1. The lowest BCUT2D eigenvalue weighted by Crippen LogP contribution is -2.38. The fourth-order valence-corrected chi connectivity index (χ4v) is 9.28. The number of fused-ring (bicyclic) bond motifs is 5. The molecule has 6 heterocycles. The molecule has 2 saturated heterocycles. The average Bonchev–Trinajstić information content (AvgIpc) is 3.92. The Morgan fingerprint density at radius 2 is 1.45 bits per heavy atom. The molecule has 0 spiro atoms. The van der Waals surface area contributed by atoms with E-state index in [2.05, 4.69) is 44.1 Å². The van der Waals surface area contributed by atoms with Crippen molar-refractivity contribution in [1.82, 2.24) is 36.0 Å². The molecule has 3 aromatic heterocycles. The van der Waals surface area contributed by atoms with Crippen LogP contribution in [0.5, 0.6) is 23.0 Å². The van der Waals surface area contributed by atoms with Crippen molar-refractivity contribution in [2.24, 2.45) is 22.7 Å². The third-order valence-corrected chi connectivity index (χ3v) is 12.7. The van der Waals surface area contributed by atoms with Gasteiger partial charge in [0, 0.05) is 38.6 Å². The van der Waals surface area contributed by atoms with Gasteiger partial charge in [-0.2, -0.15) is 10.2 Å². The number of aromatic hydroxyl groups is 1. The minimum absolute atomic E-state index is 0.169. The number of aromatic amines is 2. The molecule has 320 valence electrons. The van der Waals surface area contributed by atoms with E-state index in [-0.39, 0.29) is 24.3 Å². The Morgan fingerprint density at radius 1 is 0.742 bits per heavy atom. The van der Waals surface area contributed by atoms with Crippen molar-refractivity contribution in [1.29, 1.82) is 0 Å². The molecule has 14 nitrogen and oxygen atoms in total. The van der Waals surface area contributed by atoms with E-state index in [0.29, 0.717) is 65.0 Å². The lowest BCUT2D eigenvalue weighted by molar-refractivity contribution is 0.127. The monoisotopic (exact) mass is 836 g/mol. The summed E-state index contributed by atoms with van der Waals surface area (Å²) < 4.78 is 31.2. The summed E-state index contributed by atoms with van der Waals surface area (Å²) in [6.45, 7) is 7.48. The SMILES string of the molecule is COC1=CC2C(=c3c(COc4ccc(-c5nc6n[nH]c(C)c6c6cc(OC)c(OCC7CCNCC7)cc56)cc4)n[nH]c3=NC2c2ccc(O)cc2)C=C1OCC1CCNCC1. The fourth-order valence-electron chi connectivity index (χ4n) is 9.28. The van der Waals surface area contributed by atoms with Crippen LogP contribution in [-0.4, -0.2) is 84.1 Å². The summed E-state index contributed by atoms with van der Waals surface area (Å²) in [5, 5.41) is 36.4. The standard InChI is InChI=1S/C48H52N8O6/c1-27-43-34-20-39(58-2)42(62-25-29-14-18-50-19-15-29)23-37(34)46(51-47(43)55-53-27)31-6-10-33(11-7-31)60-26-38-44-35-21-41(61-24-28-12-16-49-17-13-28)40(59-3)22-36(35)45(52-48(44)56-54-38)30-4-8-32(57)9-5-30/h4-11,20-23,28-29,36,45,49-50,57H,12-19,24-26H2,1-3H3,(H,52,56)(H,51,53,55). The largest absolute Gasteiger partial charge is 0.508 e. The van der Waals surface area contributed by atoms with Crippen LogP contribution in [0, 0.1) is 24.7 Å². The molecule has 2 unspecified atom stereocenters. The van der Waals surface area contributed by atoms with Crippen molar-refractivity contribution in [3.8, 4) is 34.3 Å². The molecule has 2 atom stereocenters. The van der Waals surface area contributed by atoms with E-state index < -0.39 is 0 Å². The van der Waals surface area contributed by atoms with Crippen molar-refractivity contribution in [3.63, 3.8) is 0 Å². The number of aromatic nitrogens is 5. The molecule has 14 heteroatoms. The predicted octanol–water partition coefficient (Wildman–Crippen LogP) is 6.07. The number of rotatable bonds is 13. The smallest absolute Gasteiger partial charge is 0.182 e.